The highest BCUT2D eigenvalue weighted by Crippen LogP contribution is 2.33. The fourth-order valence-electron chi connectivity index (χ4n) is 3.37. The van der Waals surface area contributed by atoms with Gasteiger partial charge in [-0.1, -0.05) is 18.2 Å². The number of nitrogens with one attached hydrogen (secondary N) is 1. The smallest absolute Gasteiger partial charge is 0.345 e. The van der Waals surface area contributed by atoms with Crippen molar-refractivity contribution in [1.82, 2.24) is 9.55 Å². The Bertz CT molecular complexity index is 1010. The summed E-state index contributed by atoms with van der Waals surface area (Å²) in [5.41, 5.74) is 2.06. The van der Waals surface area contributed by atoms with Gasteiger partial charge in [-0.15, -0.1) is 0 Å². The molecule has 122 valence electrons. The number of nitrogens with zero attached hydrogens (tertiary/aromatic N) is 1. The van der Waals surface area contributed by atoms with E-state index in [9.17, 15) is 9.59 Å². The molecule has 0 atom stereocenters. The van der Waals surface area contributed by atoms with Crippen LogP contribution < -0.4 is 5.56 Å². The number of hydrogen-bond acceptors (Lipinski definition) is 3. The Balaban J connectivity index is 1.66. The van der Waals surface area contributed by atoms with Gasteiger partial charge in [-0.25, -0.2) is 4.79 Å². The highest BCUT2D eigenvalue weighted by molar-refractivity contribution is 5.94. The van der Waals surface area contributed by atoms with E-state index in [1.54, 1.807) is 24.6 Å². The molecular weight excluding hydrogens is 304 g/mol. The number of esters is 1. The standard InChI is InChI=1S/C19H18N2O3/c1-19(2)14-8-10-21(17(22)16(14)18(23)24-19)9-7-12-11-20-15-6-4-3-5-13(12)15/h3-6,8,10-11,20H,7,9H2,1-2H3. The van der Waals surface area contributed by atoms with Crippen LogP contribution in [0.3, 0.4) is 0 Å². The Hall–Kier alpha value is -2.82. The topological polar surface area (TPSA) is 64.1 Å². The van der Waals surface area contributed by atoms with Gasteiger partial charge in [-0.3, -0.25) is 4.79 Å². The molecule has 0 saturated heterocycles. The third-order valence-electron chi connectivity index (χ3n) is 4.66. The number of H-pyrrole nitrogens is 1. The average molecular weight is 322 g/mol. The molecule has 1 aliphatic rings. The van der Waals surface area contributed by atoms with E-state index in [2.05, 4.69) is 11.1 Å². The molecule has 0 spiro atoms. The van der Waals surface area contributed by atoms with Crippen LogP contribution in [0.2, 0.25) is 0 Å². The Morgan fingerprint density at radius 1 is 1.17 bits per heavy atom. The van der Waals surface area contributed by atoms with Crippen LogP contribution in [-0.2, 0) is 23.3 Å². The van der Waals surface area contributed by atoms with Crippen molar-refractivity contribution in [2.75, 3.05) is 0 Å². The van der Waals surface area contributed by atoms with Crippen molar-refractivity contribution >= 4 is 16.9 Å². The molecule has 1 N–H and O–H groups in total. The first-order valence-corrected chi connectivity index (χ1v) is 7.99. The maximum atomic E-state index is 12.6. The lowest BCUT2D eigenvalue weighted by Crippen LogP contribution is -2.26. The van der Waals surface area contributed by atoms with Gasteiger partial charge in [-0.05, 0) is 38.0 Å². The second-order valence-corrected chi connectivity index (χ2v) is 6.61. The zero-order valence-electron chi connectivity index (χ0n) is 13.6. The molecule has 0 aliphatic carbocycles. The third-order valence-corrected chi connectivity index (χ3v) is 4.66. The fraction of sp³-hybridized carbons (Fsp3) is 0.263. The predicted octanol–water partition coefficient (Wildman–Crippen LogP) is 2.98. The number of cyclic esters (lactones) is 1. The van der Waals surface area contributed by atoms with Gasteiger partial charge in [0.1, 0.15) is 11.2 Å². The van der Waals surface area contributed by atoms with Gasteiger partial charge in [0, 0.05) is 35.4 Å². The van der Waals surface area contributed by atoms with Crippen LogP contribution >= 0.6 is 0 Å². The Kier molecular flexibility index (Phi) is 3.13. The number of aromatic nitrogens is 2. The summed E-state index contributed by atoms with van der Waals surface area (Å²) in [7, 11) is 0. The molecule has 1 aromatic carbocycles. The van der Waals surface area contributed by atoms with Crippen molar-refractivity contribution in [2.24, 2.45) is 0 Å². The number of rotatable bonds is 3. The molecular formula is C19H18N2O3. The zero-order valence-corrected chi connectivity index (χ0v) is 13.6. The van der Waals surface area contributed by atoms with Gasteiger partial charge in [-0.2, -0.15) is 0 Å². The summed E-state index contributed by atoms with van der Waals surface area (Å²) in [5, 5.41) is 1.16. The highest BCUT2D eigenvalue weighted by atomic mass is 16.6. The molecule has 0 bridgehead atoms. The lowest BCUT2D eigenvalue weighted by atomic mass is 9.97. The maximum Gasteiger partial charge on any atom is 0.345 e. The molecule has 1 aliphatic heterocycles. The van der Waals surface area contributed by atoms with Gasteiger partial charge >= 0.3 is 5.97 Å². The molecule has 0 amide bonds. The lowest BCUT2D eigenvalue weighted by molar-refractivity contribution is 0.00949. The zero-order chi connectivity index (χ0) is 16.9. The summed E-state index contributed by atoms with van der Waals surface area (Å²) in [6.07, 6.45) is 4.43. The van der Waals surface area contributed by atoms with Crippen molar-refractivity contribution in [2.45, 2.75) is 32.4 Å². The van der Waals surface area contributed by atoms with Crippen molar-refractivity contribution in [3.63, 3.8) is 0 Å². The number of hydrogen-bond donors (Lipinski definition) is 1. The SMILES string of the molecule is CC1(C)OC(=O)c2c1ccn(CCc1c[nH]c3ccccc13)c2=O. The molecule has 0 radical (unpaired) electrons. The normalized spacial score (nSPS) is 15.5. The van der Waals surface area contributed by atoms with E-state index in [4.69, 9.17) is 4.74 Å². The van der Waals surface area contributed by atoms with Crippen LogP contribution in [0.4, 0.5) is 0 Å². The number of pyridine rings is 1. The van der Waals surface area contributed by atoms with Crippen LogP contribution in [0.15, 0.2) is 47.5 Å². The van der Waals surface area contributed by atoms with Gasteiger partial charge in [0.25, 0.3) is 5.56 Å². The second-order valence-electron chi connectivity index (χ2n) is 6.61. The molecule has 0 fully saturated rings. The average Bonchev–Trinajstić information content (AvgIpc) is 3.05. The number of aryl methyl sites for hydroxylation is 2. The molecule has 0 unspecified atom stereocenters. The van der Waals surface area contributed by atoms with E-state index in [-0.39, 0.29) is 11.1 Å². The number of benzene rings is 1. The molecule has 3 heterocycles. The summed E-state index contributed by atoms with van der Waals surface area (Å²) >= 11 is 0. The molecule has 5 nitrogen and oxygen atoms in total. The molecule has 5 heteroatoms. The minimum Gasteiger partial charge on any atom is -0.451 e. The number of fused-ring (bicyclic) bond motifs is 2. The fourth-order valence-corrected chi connectivity index (χ4v) is 3.37. The number of para-hydroxylation sites is 1. The largest absolute Gasteiger partial charge is 0.451 e. The molecule has 4 rings (SSSR count). The van der Waals surface area contributed by atoms with Gasteiger partial charge in [0.2, 0.25) is 0 Å². The monoisotopic (exact) mass is 322 g/mol. The minimum absolute atomic E-state index is 0.168. The van der Waals surface area contributed by atoms with Crippen LogP contribution in [0.5, 0.6) is 0 Å². The van der Waals surface area contributed by atoms with Crippen LogP contribution in [0.25, 0.3) is 10.9 Å². The first-order chi connectivity index (χ1) is 11.5. The van der Waals surface area contributed by atoms with Crippen molar-refractivity contribution in [3.8, 4) is 0 Å². The summed E-state index contributed by atoms with van der Waals surface area (Å²) in [4.78, 5) is 27.9. The van der Waals surface area contributed by atoms with E-state index >= 15 is 0 Å². The molecule has 24 heavy (non-hydrogen) atoms. The van der Waals surface area contributed by atoms with E-state index in [1.807, 2.05) is 30.5 Å². The van der Waals surface area contributed by atoms with Crippen LogP contribution in [0, 0.1) is 0 Å². The number of carbonyl (C=O) groups excluding carboxylic acids is 1. The first kappa shape index (κ1) is 14.8. The molecule has 0 saturated carbocycles. The molecule has 3 aromatic rings. The highest BCUT2D eigenvalue weighted by Gasteiger charge is 2.40. The van der Waals surface area contributed by atoms with Gasteiger partial charge in [0.15, 0.2) is 0 Å². The van der Waals surface area contributed by atoms with Crippen molar-refractivity contribution < 1.29 is 9.53 Å². The summed E-state index contributed by atoms with van der Waals surface area (Å²) < 4.78 is 6.89. The van der Waals surface area contributed by atoms with Crippen molar-refractivity contribution in [3.05, 3.63) is 69.8 Å². The second kappa shape index (κ2) is 5.09. The number of carbonyl (C=O) groups is 1. The summed E-state index contributed by atoms with van der Waals surface area (Å²) in [5.74, 6) is -0.526. The van der Waals surface area contributed by atoms with E-state index in [1.165, 1.54) is 0 Å². The first-order valence-electron chi connectivity index (χ1n) is 7.99. The predicted molar refractivity (Wildman–Crippen MR) is 91.1 cm³/mol. The maximum absolute atomic E-state index is 12.6. The van der Waals surface area contributed by atoms with Crippen molar-refractivity contribution in [1.29, 1.82) is 0 Å². The quantitative estimate of drug-likeness (QED) is 0.754. The van der Waals surface area contributed by atoms with Crippen LogP contribution in [-0.4, -0.2) is 15.5 Å². The van der Waals surface area contributed by atoms with E-state index in [0.717, 1.165) is 16.5 Å². The van der Waals surface area contributed by atoms with Gasteiger partial charge in [0.05, 0.1) is 0 Å². The Morgan fingerprint density at radius 3 is 2.79 bits per heavy atom. The molecule has 2 aromatic heterocycles. The van der Waals surface area contributed by atoms with E-state index < -0.39 is 11.6 Å². The lowest BCUT2D eigenvalue weighted by Gasteiger charge is -2.17. The number of ether oxygens (including phenoxy) is 1. The summed E-state index contributed by atoms with van der Waals surface area (Å²) in [6, 6.07) is 9.89. The minimum atomic E-state index is -0.735. The summed E-state index contributed by atoms with van der Waals surface area (Å²) in [6.45, 7) is 4.11. The van der Waals surface area contributed by atoms with E-state index in [0.29, 0.717) is 18.5 Å². The van der Waals surface area contributed by atoms with Crippen LogP contribution in [0.1, 0.15) is 35.3 Å². The Labute approximate surface area is 138 Å². The Morgan fingerprint density at radius 2 is 1.96 bits per heavy atom. The number of aromatic amines is 1. The van der Waals surface area contributed by atoms with Gasteiger partial charge < -0.3 is 14.3 Å². The third kappa shape index (κ3) is 2.16.